The third-order valence-electron chi connectivity index (χ3n) is 2.69. The van der Waals surface area contributed by atoms with Gasteiger partial charge in [-0.1, -0.05) is 0 Å². The van der Waals surface area contributed by atoms with Crippen LogP contribution in [0.4, 0.5) is 8.78 Å². The largest absolute Gasteiger partial charge is 0.480 e. The predicted molar refractivity (Wildman–Crippen MR) is 69.4 cm³/mol. The maximum Gasteiger partial charge on any atom is 0.323 e. The number of halogens is 2. The highest BCUT2D eigenvalue weighted by Crippen LogP contribution is 2.21. The number of carbonyl (C=O) groups is 1. The molecular formula is C12H12F2N2O2S. The molecule has 0 bridgehead atoms. The van der Waals surface area contributed by atoms with Crippen molar-refractivity contribution in [2.24, 2.45) is 0 Å². The lowest BCUT2D eigenvalue weighted by Crippen LogP contribution is -2.12. The van der Waals surface area contributed by atoms with Gasteiger partial charge in [0.1, 0.15) is 12.4 Å². The molecule has 0 saturated carbocycles. The van der Waals surface area contributed by atoms with Crippen molar-refractivity contribution in [1.82, 2.24) is 9.55 Å². The van der Waals surface area contributed by atoms with Crippen LogP contribution in [0.25, 0.3) is 11.0 Å². The first-order chi connectivity index (χ1) is 9.02. The number of aliphatic carboxylic acids is 1. The highest BCUT2D eigenvalue weighted by Gasteiger charge is 2.15. The van der Waals surface area contributed by atoms with Gasteiger partial charge in [-0.3, -0.25) is 4.79 Å². The number of fused-ring (bicyclic) bond motifs is 1. The van der Waals surface area contributed by atoms with Gasteiger partial charge in [-0.05, 0) is 6.26 Å². The van der Waals surface area contributed by atoms with E-state index in [4.69, 9.17) is 5.11 Å². The third kappa shape index (κ3) is 2.86. The summed E-state index contributed by atoms with van der Waals surface area (Å²) >= 11 is 1.59. The van der Waals surface area contributed by atoms with Gasteiger partial charge in [-0.2, -0.15) is 11.8 Å². The summed E-state index contributed by atoms with van der Waals surface area (Å²) in [6.45, 7) is -0.314. The summed E-state index contributed by atoms with van der Waals surface area (Å²) in [5.74, 6) is -1.75. The minimum atomic E-state index is -1.05. The molecule has 0 aliphatic heterocycles. The summed E-state index contributed by atoms with van der Waals surface area (Å²) in [5, 5.41) is 8.90. The van der Waals surface area contributed by atoms with Crippen LogP contribution in [0.3, 0.4) is 0 Å². The van der Waals surface area contributed by atoms with Gasteiger partial charge in [0.05, 0.1) is 11.0 Å². The van der Waals surface area contributed by atoms with Crippen LogP contribution >= 0.6 is 11.8 Å². The Kier molecular flexibility index (Phi) is 4.04. The van der Waals surface area contributed by atoms with E-state index in [2.05, 4.69) is 4.98 Å². The summed E-state index contributed by atoms with van der Waals surface area (Å²) in [6, 6.07) is 1.98. The highest BCUT2D eigenvalue weighted by atomic mass is 32.2. The van der Waals surface area contributed by atoms with Crippen molar-refractivity contribution in [3.63, 3.8) is 0 Å². The molecule has 0 aliphatic rings. The number of thioether (sulfide) groups is 1. The van der Waals surface area contributed by atoms with Crippen LogP contribution in [0.2, 0.25) is 0 Å². The molecule has 0 atom stereocenters. The molecule has 2 rings (SSSR count). The molecule has 0 fully saturated rings. The number of aryl methyl sites for hydroxylation is 1. The smallest absolute Gasteiger partial charge is 0.323 e. The molecule has 102 valence electrons. The summed E-state index contributed by atoms with van der Waals surface area (Å²) in [4.78, 5) is 15.1. The predicted octanol–water partition coefficient (Wildman–Crippen LogP) is 2.30. The monoisotopic (exact) mass is 286 g/mol. The van der Waals surface area contributed by atoms with Crippen LogP contribution in [0.15, 0.2) is 12.1 Å². The second kappa shape index (κ2) is 5.56. The first kappa shape index (κ1) is 13.8. The van der Waals surface area contributed by atoms with Crippen molar-refractivity contribution < 1.29 is 18.7 Å². The summed E-state index contributed by atoms with van der Waals surface area (Å²) in [7, 11) is 0. The van der Waals surface area contributed by atoms with E-state index in [-0.39, 0.29) is 12.1 Å². The zero-order chi connectivity index (χ0) is 14.0. The van der Waals surface area contributed by atoms with Gasteiger partial charge in [0.25, 0.3) is 0 Å². The molecule has 1 aromatic carbocycles. The van der Waals surface area contributed by atoms with E-state index in [1.807, 2.05) is 6.26 Å². The lowest BCUT2D eigenvalue weighted by Gasteiger charge is -2.05. The first-order valence-electron chi connectivity index (χ1n) is 5.58. The average Bonchev–Trinajstić information content (AvgIpc) is 2.65. The molecule has 0 spiro atoms. The van der Waals surface area contributed by atoms with E-state index < -0.39 is 17.6 Å². The number of rotatable bonds is 5. The molecule has 4 nitrogen and oxygen atoms in total. The maximum atomic E-state index is 13.3. The zero-order valence-corrected chi connectivity index (χ0v) is 11.0. The molecular weight excluding hydrogens is 274 g/mol. The SMILES string of the molecule is CSCCc1nc2cc(F)c(F)cc2n1CC(=O)O. The van der Waals surface area contributed by atoms with E-state index in [9.17, 15) is 13.6 Å². The van der Waals surface area contributed by atoms with Crippen molar-refractivity contribution in [2.45, 2.75) is 13.0 Å². The molecule has 0 aliphatic carbocycles. The molecule has 1 aromatic heterocycles. The molecule has 1 N–H and O–H groups in total. The van der Waals surface area contributed by atoms with Gasteiger partial charge in [0.2, 0.25) is 0 Å². The number of carboxylic acids is 1. The first-order valence-corrected chi connectivity index (χ1v) is 6.97. The van der Waals surface area contributed by atoms with Crippen molar-refractivity contribution in [2.75, 3.05) is 12.0 Å². The van der Waals surface area contributed by atoms with Gasteiger partial charge in [-0.15, -0.1) is 0 Å². The number of nitrogens with zero attached hydrogens (tertiary/aromatic N) is 2. The maximum absolute atomic E-state index is 13.3. The number of imidazole rings is 1. The number of aromatic nitrogens is 2. The van der Waals surface area contributed by atoms with Crippen molar-refractivity contribution in [3.05, 3.63) is 29.6 Å². The van der Waals surface area contributed by atoms with Crippen molar-refractivity contribution in [1.29, 1.82) is 0 Å². The number of hydrogen-bond donors (Lipinski definition) is 1. The van der Waals surface area contributed by atoms with E-state index >= 15 is 0 Å². The van der Waals surface area contributed by atoms with Crippen LogP contribution in [-0.4, -0.2) is 32.6 Å². The molecule has 0 unspecified atom stereocenters. The summed E-state index contributed by atoms with van der Waals surface area (Å²) < 4.78 is 27.8. The van der Waals surface area contributed by atoms with Gasteiger partial charge in [0, 0.05) is 24.3 Å². The van der Waals surface area contributed by atoms with E-state index in [1.54, 1.807) is 11.8 Å². The van der Waals surface area contributed by atoms with Crippen LogP contribution in [0.5, 0.6) is 0 Å². The Bertz CT molecular complexity index is 628. The van der Waals surface area contributed by atoms with Gasteiger partial charge in [0.15, 0.2) is 11.6 Å². The number of hydrogen-bond acceptors (Lipinski definition) is 3. The Morgan fingerprint density at radius 1 is 1.42 bits per heavy atom. The topological polar surface area (TPSA) is 55.1 Å². The Hall–Kier alpha value is -1.63. The van der Waals surface area contributed by atoms with Crippen LogP contribution < -0.4 is 0 Å². The highest BCUT2D eigenvalue weighted by molar-refractivity contribution is 7.98. The lowest BCUT2D eigenvalue weighted by molar-refractivity contribution is -0.137. The van der Waals surface area contributed by atoms with Crippen LogP contribution in [0.1, 0.15) is 5.82 Å². The van der Waals surface area contributed by atoms with Crippen LogP contribution in [-0.2, 0) is 17.8 Å². The van der Waals surface area contributed by atoms with Crippen molar-refractivity contribution in [3.8, 4) is 0 Å². The summed E-state index contributed by atoms with van der Waals surface area (Å²) in [6.07, 6.45) is 2.47. The molecule has 2 aromatic rings. The second-order valence-electron chi connectivity index (χ2n) is 4.01. The number of carboxylic acid groups (broad SMARTS) is 1. The average molecular weight is 286 g/mol. The van der Waals surface area contributed by atoms with Crippen LogP contribution in [0, 0.1) is 11.6 Å². The molecule has 1 heterocycles. The third-order valence-corrected chi connectivity index (χ3v) is 3.30. The molecule has 0 radical (unpaired) electrons. The van der Waals surface area contributed by atoms with Gasteiger partial charge in [-0.25, -0.2) is 13.8 Å². The van der Waals surface area contributed by atoms with E-state index in [0.717, 1.165) is 17.9 Å². The Balaban J connectivity index is 2.55. The van der Waals surface area contributed by atoms with E-state index in [0.29, 0.717) is 17.8 Å². The molecule has 19 heavy (non-hydrogen) atoms. The minimum Gasteiger partial charge on any atom is -0.480 e. The minimum absolute atomic E-state index is 0.274. The fourth-order valence-electron chi connectivity index (χ4n) is 1.87. The molecule has 0 amide bonds. The quantitative estimate of drug-likeness (QED) is 0.916. The molecule has 0 saturated heterocycles. The zero-order valence-electron chi connectivity index (χ0n) is 10.2. The lowest BCUT2D eigenvalue weighted by atomic mass is 10.3. The van der Waals surface area contributed by atoms with Crippen molar-refractivity contribution >= 4 is 28.8 Å². The number of benzene rings is 1. The molecule has 7 heteroatoms. The second-order valence-corrected chi connectivity index (χ2v) is 4.99. The Labute approximate surface area is 112 Å². The van der Waals surface area contributed by atoms with Gasteiger partial charge < -0.3 is 9.67 Å². The Morgan fingerprint density at radius 3 is 2.74 bits per heavy atom. The fourth-order valence-corrected chi connectivity index (χ4v) is 2.25. The summed E-state index contributed by atoms with van der Waals surface area (Å²) in [5.41, 5.74) is 0.577. The van der Waals surface area contributed by atoms with E-state index in [1.165, 1.54) is 4.57 Å². The van der Waals surface area contributed by atoms with Gasteiger partial charge >= 0.3 is 5.97 Å². The normalized spacial score (nSPS) is 11.1. The standard InChI is InChI=1S/C12H12F2N2O2S/c1-19-3-2-11-15-9-4-7(13)8(14)5-10(9)16(11)6-12(17)18/h4-5H,2-3,6H2,1H3,(H,17,18). The Morgan fingerprint density at radius 2 is 2.11 bits per heavy atom. The fraction of sp³-hybridized carbons (Fsp3) is 0.333.